The van der Waals surface area contributed by atoms with Gasteiger partial charge in [-0.15, -0.1) is 0 Å². The molecule has 6 nitrogen and oxygen atoms in total. The number of carbonyl (C=O) groups is 1. The summed E-state index contributed by atoms with van der Waals surface area (Å²) in [5.74, 6) is 0.498. The van der Waals surface area contributed by atoms with Gasteiger partial charge in [0.2, 0.25) is 0 Å². The van der Waals surface area contributed by atoms with Gasteiger partial charge in [-0.2, -0.15) is 10.2 Å². The quantitative estimate of drug-likeness (QED) is 0.137. The lowest BCUT2D eigenvalue weighted by Crippen LogP contribution is -2.18. The van der Waals surface area contributed by atoms with Crippen LogP contribution in [-0.4, -0.2) is 28.9 Å². The summed E-state index contributed by atoms with van der Waals surface area (Å²) in [4.78, 5) is 12.5. The first-order chi connectivity index (χ1) is 17.2. The van der Waals surface area contributed by atoms with Gasteiger partial charge < -0.3 is 4.74 Å². The van der Waals surface area contributed by atoms with Crippen molar-refractivity contribution < 1.29 is 9.53 Å². The van der Waals surface area contributed by atoms with Gasteiger partial charge in [-0.3, -0.25) is 9.89 Å². The number of hydrogen-bond acceptors (Lipinski definition) is 4. The zero-order chi connectivity index (χ0) is 24.3. The number of rotatable bonds is 12. The minimum Gasteiger partial charge on any atom is -0.494 e. The van der Waals surface area contributed by atoms with Gasteiger partial charge in [0.25, 0.3) is 5.91 Å². The molecule has 0 bridgehead atoms. The summed E-state index contributed by atoms with van der Waals surface area (Å²) < 4.78 is 5.85. The van der Waals surface area contributed by atoms with Crippen LogP contribution in [0.3, 0.4) is 0 Å². The monoisotopic (exact) mass is 468 g/mol. The number of hydrazone groups is 1. The van der Waals surface area contributed by atoms with E-state index < -0.39 is 0 Å². The number of amides is 1. The Balaban J connectivity index is 1.28. The molecular formula is C29H32N4O2. The second-order valence-electron chi connectivity index (χ2n) is 8.57. The van der Waals surface area contributed by atoms with Crippen molar-refractivity contribution in [3.05, 3.63) is 84.1 Å². The number of aromatic nitrogens is 2. The van der Waals surface area contributed by atoms with Crippen molar-refractivity contribution in [3.8, 4) is 17.0 Å². The van der Waals surface area contributed by atoms with Crippen LogP contribution < -0.4 is 10.2 Å². The number of ether oxygens (including phenoxy) is 1. The molecule has 0 saturated carbocycles. The van der Waals surface area contributed by atoms with Crippen LogP contribution in [0.15, 0.2) is 77.9 Å². The summed E-state index contributed by atoms with van der Waals surface area (Å²) in [5, 5.41) is 13.4. The Labute approximate surface area is 206 Å². The van der Waals surface area contributed by atoms with Gasteiger partial charge in [0.1, 0.15) is 11.4 Å². The summed E-state index contributed by atoms with van der Waals surface area (Å²) in [7, 11) is 0. The van der Waals surface area contributed by atoms with Gasteiger partial charge in [-0.1, -0.05) is 81.5 Å². The third-order valence-electron chi connectivity index (χ3n) is 5.93. The smallest absolute Gasteiger partial charge is 0.289 e. The van der Waals surface area contributed by atoms with Crippen LogP contribution >= 0.6 is 0 Å². The minimum atomic E-state index is -0.348. The van der Waals surface area contributed by atoms with E-state index in [1.165, 1.54) is 32.1 Å². The maximum atomic E-state index is 12.5. The van der Waals surface area contributed by atoms with Crippen molar-refractivity contribution in [1.82, 2.24) is 15.6 Å². The molecule has 0 aliphatic carbocycles. The molecule has 0 fully saturated rings. The maximum absolute atomic E-state index is 12.5. The highest BCUT2D eigenvalue weighted by Crippen LogP contribution is 2.22. The van der Waals surface area contributed by atoms with Gasteiger partial charge in [0.05, 0.1) is 18.5 Å². The molecule has 1 aromatic heterocycles. The van der Waals surface area contributed by atoms with Crippen LogP contribution in [0.2, 0.25) is 0 Å². The van der Waals surface area contributed by atoms with E-state index in [9.17, 15) is 4.79 Å². The molecular weight excluding hydrogens is 436 g/mol. The molecule has 1 amide bonds. The number of hydrogen-bond donors (Lipinski definition) is 2. The molecule has 2 N–H and O–H groups in total. The van der Waals surface area contributed by atoms with E-state index in [1.807, 2.05) is 66.7 Å². The standard InChI is InChI=1S/C29H32N4O2/c1-2-3-4-5-6-9-19-35-25-17-15-23(16-18-25)27-20-28(32-31-27)29(34)33-30-21-24-13-10-12-22-11-7-8-14-26(22)24/h7-8,10-18,20-21H,2-6,9,19H2,1H3,(H,31,32)(H,33,34). The average molecular weight is 469 g/mol. The van der Waals surface area contributed by atoms with Crippen molar-refractivity contribution in [2.24, 2.45) is 5.10 Å². The number of nitrogens with zero attached hydrogens (tertiary/aromatic N) is 2. The number of fused-ring (bicyclic) bond motifs is 1. The number of unbranched alkanes of at least 4 members (excludes halogenated alkanes) is 5. The normalized spacial score (nSPS) is 11.2. The number of carbonyl (C=O) groups excluding carboxylic acids is 1. The predicted molar refractivity (Wildman–Crippen MR) is 142 cm³/mol. The van der Waals surface area contributed by atoms with E-state index in [2.05, 4.69) is 27.6 Å². The van der Waals surface area contributed by atoms with Crippen molar-refractivity contribution in [2.75, 3.05) is 6.61 Å². The van der Waals surface area contributed by atoms with Gasteiger partial charge in [-0.05, 0) is 47.5 Å². The Morgan fingerprint density at radius 2 is 1.74 bits per heavy atom. The third-order valence-corrected chi connectivity index (χ3v) is 5.93. The Morgan fingerprint density at radius 1 is 0.971 bits per heavy atom. The topological polar surface area (TPSA) is 79.4 Å². The molecule has 0 radical (unpaired) electrons. The van der Waals surface area contributed by atoms with Crippen LogP contribution in [0.25, 0.3) is 22.0 Å². The summed E-state index contributed by atoms with van der Waals surface area (Å²) in [6, 6.07) is 23.5. The van der Waals surface area contributed by atoms with Crippen LogP contribution in [0, 0.1) is 0 Å². The number of benzene rings is 3. The van der Waals surface area contributed by atoms with Crippen molar-refractivity contribution in [2.45, 2.75) is 45.4 Å². The fourth-order valence-corrected chi connectivity index (χ4v) is 3.96. The van der Waals surface area contributed by atoms with Crippen molar-refractivity contribution in [1.29, 1.82) is 0 Å². The fourth-order valence-electron chi connectivity index (χ4n) is 3.96. The Kier molecular flexibility index (Phi) is 8.65. The molecule has 0 atom stereocenters. The Hall–Kier alpha value is -3.93. The van der Waals surface area contributed by atoms with Crippen molar-refractivity contribution in [3.63, 3.8) is 0 Å². The molecule has 4 rings (SSSR count). The van der Waals surface area contributed by atoms with E-state index in [0.29, 0.717) is 11.4 Å². The molecule has 0 aliphatic rings. The highest BCUT2D eigenvalue weighted by atomic mass is 16.5. The molecule has 1 heterocycles. The lowest BCUT2D eigenvalue weighted by atomic mass is 10.1. The highest BCUT2D eigenvalue weighted by Gasteiger charge is 2.10. The zero-order valence-corrected chi connectivity index (χ0v) is 20.2. The van der Waals surface area contributed by atoms with E-state index in [1.54, 1.807) is 12.3 Å². The lowest BCUT2D eigenvalue weighted by molar-refractivity contribution is 0.0950. The fraction of sp³-hybridized carbons (Fsp3) is 0.276. The second-order valence-corrected chi connectivity index (χ2v) is 8.57. The summed E-state index contributed by atoms with van der Waals surface area (Å²) in [6.45, 7) is 2.96. The summed E-state index contributed by atoms with van der Waals surface area (Å²) in [6.07, 6.45) is 9.11. The Bertz CT molecular complexity index is 1260. The van der Waals surface area contributed by atoms with E-state index in [0.717, 1.165) is 40.7 Å². The molecule has 0 saturated heterocycles. The molecule has 6 heteroatoms. The van der Waals surface area contributed by atoms with E-state index in [-0.39, 0.29) is 5.91 Å². The Morgan fingerprint density at radius 3 is 2.60 bits per heavy atom. The average Bonchev–Trinajstić information content (AvgIpc) is 3.39. The molecule has 0 aliphatic heterocycles. The first-order valence-corrected chi connectivity index (χ1v) is 12.3. The molecule has 0 unspecified atom stereocenters. The van der Waals surface area contributed by atoms with Gasteiger partial charge in [0, 0.05) is 11.1 Å². The zero-order valence-electron chi connectivity index (χ0n) is 20.2. The first-order valence-electron chi connectivity index (χ1n) is 12.3. The largest absolute Gasteiger partial charge is 0.494 e. The van der Waals surface area contributed by atoms with E-state index in [4.69, 9.17) is 4.74 Å². The first kappa shape index (κ1) is 24.2. The summed E-state index contributed by atoms with van der Waals surface area (Å²) >= 11 is 0. The molecule has 180 valence electrons. The number of aromatic amines is 1. The van der Waals surface area contributed by atoms with Crippen LogP contribution in [-0.2, 0) is 0 Å². The van der Waals surface area contributed by atoms with Gasteiger partial charge >= 0.3 is 0 Å². The molecule has 4 aromatic rings. The lowest BCUT2D eigenvalue weighted by Gasteiger charge is -2.06. The van der Waals surface area contributed by atoms with Crippen LogP contribution in [0.1, 0.15) is 61.5 Å². The minimum absolute atomic E-state index is 0.346. The van der Waals surface area contributed by atoms with Crippen molar-refractivity contribution >= 4 is 22.9 Å². The van der Waals surface area contributed by atoms with Gasteiger partial charge in [-0.25, -0.2) is 5.43 Å². The maximum Gasteiger partial charge on any atom is 0.289 e. The van der Waals surface area contributed by atoms with Crippen LogP contribution in [0.4, 0.5) is 0 Å². The second kappa shape index (κ2) is 12.5. The molecule has 3 aromatic carbocycles. The molecule has 0 spiro atoms. The molecule has 35 heavy (non-hydrogen) atoms. The highest BCUT2D eigenvalue weighted by molar-refractivity contribution is 6.00. The van der Waals surface area contributed by atoms with Gasteiger partial charge in [0.15, 0.2) is 0 Å². The third kappa shape index (κ3) is 6.79. The van der Waals surface area contributed by atoms with E-state index >= 15 is 0 Å². The summed E-state index contributed by atoms with van der Waals surface area (Å²) in [5.41, 5.74) is 5.45. The number of H-pyrrole nitrogens is 1. The van der Waals surface area contributed by atoms with Crippen LogP contribution in [0.5, 0.6) is 5.75 Å². The number of nitrogens with one attached hydrogen (secondary N) is 2. The SMILES string of the molecule is CCCCCCCCOc1ccc(-c2cc(C(=O)NN=Cc3cccc4ccccc34)[nH]n2)cc1. The predicted octanol–water partition coefficient (Wildman–Crippen LogP) is 6.73.